The number of aryl methyl sites for hydroxylation is 2. The fraction of sp³-hybridized carbons (Fsp3) is 0.439. The summed E-state index contributed by atoms with van der Waals surface area (Å²) in [6, 6.07) is 22.2. The van der Waals surface area contributed by atoms with E-state index in [0.717, 1.165) is 149 Å². The molecule has 12 nitrogen and oxygen atoms in total. The largest absolute Gasteiger partial charge is 0.369 e. The van der Waals surface area contributed by atoms with Crippen molar-refractivity contribution in [3.63, 3.8) is 0 Å². The molecule has 4 spiro atoms. The Kier molecular flexibility index (Phi) is 8.49. The molecule has 69 heavy (non-hydrogen) atoms. The summed E-state index contributed by atoms with van der Waals surface area (Å²) in [4.78, 5) is 51.0. The third-order valence-corrected chi connectivity index (χ3v) is 18.6. The molecule has 0 bridgehead atoms. The van der Waals surface area contributed by atoms with Gasteiger partial charge in [-0.05, 0) is 143 Å². The van der Waals surface area contributed by atoms with Gasteiger partial charge in [0.25, 0.3) is 11.8 Å². The van der Waals surface area contributed by atoms with Crippen molar-refractivity contribution >= 4 is 23.2 Å². The number of carbonyl (C=O) groups excluding carboxylic acids is 2. The highest BCUT2D eigenvalue weighted by Gasteiger charge is 2.72. The highest BCUT2D eigenvalue weighted by Crippen LogP contribution is 2.69. The number of aromatic nitrogens is 4. The minimum atomic E-state index is 0.0300. The van der Waals surface area contributed by atoms with Crippen LogP contribution in [0, 0.1) is 0 Å². The second kappa shape index (κ2) is 14.4. The Morgan fingerprint density at radius 2 is 0.957 bits per heavy atom. The zero-order valence-corrected chi connectivity index (χ0v) is 39.6. The number of carbonyl (C=O) groups is 2. The van der Waals surface area contributed by atoms with Crippen molar-refractivity contribution in [2.45, 2.75) is 99.0 Å². The van der Waals surface area contributed by atoms with E-state index in [2.05, 4.69) is 115 Å². The smallest absolute Gasteiger partial charge is 0.253 e. The minimum absolute atomic E-state index is 0.0300. The Bertz CT molecular complexity index is 3130. The van der Waals surface area contributed by atoms with Crippen LogP contribution in [0.4, 0.5) is 11.4 Å². The maximum Gasteiger partial charge on any atom is 0.253 e. The zero-order chi connectivity index (χ0) is 45.9. The first-order valence-electron chi connectivity index (χ1n) is 26.0. The molecule has 2 amide bonds. The van der Waals surface area contributed by atoms with Gasteiger partial charge >= 0.3 is 0 Å². The van der Waals surface area contributed by atoms with Crippen molar-refractivity contribution in [1.29, 1.82) is 0 Å². The quantitative estimate of drug-likeness (QED) is 0.123. The summed E-state index contributed by atoms with van der Waals surface area (Å²) in [6.07, 6.45) is 17.0. The molecule has 2 saturated heterocycles. The summed E-state index contributed by atoms with van der Waals surface area (Å²) in [5, 5.41) is 10.3. The molecule has 5 N–H and O–H groups in total. The number of piperazine rings is 2. The van der Waals surface area contributed by atoms with E-state index in [1.807, 2.05) is 6.20 Å². The fourth-order valence-electron chi connectivity index (χ4n) is 14.0. The zero-order valence-electron chi connectivity index (χ0n) is 39.6. The molecule has 4 saturated carbocycles. The first-order valence-corrected chi connectivity index (χ1v) is 26.0. The van der Waals surface area contributed by atoms with Gasteiger partial charge in [0.2, 0.25) is 0 Å². The maximum absolute atomic E-state index is 13.2. The second-order valence-corrected chi connectivity index (χ2v) is 22.3. The number of amides is 2. The predicted molar refractivity (Wildman–Crippen MR) is 269 cm³/mol. The average molecular weight is 917 g/mol. The number of fused-ring (bicyclic) bond motifs is 14. The van der Waals surface area contributed by atoms with Gasteiger partial charge in [-0.3, -0.25) is 19.6 Å². The van der Waals surface area contributed by atoms with Crippen molar-refractivity contribution < 1.29 is 9.59 Å². The lowest BCUT2D eigenvalue weighted by Crippen LogP contribution is -2.51. The van der Waals surface area contributed by atoms with E-state index < -0.39 is 0 Å². The first kappa shape index (κ1) is 40.6. The lowest BCUT2D eigenvalue weighted by molar-refractivity contribution is 0.0890. The molecule has 16 rings (SSSR count). The lowest BCUT2D eigenvalue weighted by atomic mass is 9.81. The highest BCUT2D eigenvalue weighted by molar-refractivity contribution is 6.04. The number of hydrogen-bond acceptors (Lipinski definition) is 8. The molecule has 6 aliphatic carbocycles. The van der Waals surface area contributed by atoms with E-state index in [4.69, 9.17) is 9.97 Å². The number of hydrogen-bond donors (Lipinski definition) is 5. The number of nitrogens with one attached hydrogen (secondary N) is 5. The van der Waals surface area contributed by atoms with Gasteiger partial charge in [0.1, 0.15) is 0 Å². The summed E-state index contributed by atoms with van der Waals surface area (Å²) in [6.45, 7) is 8.54. The summed E-state index contributed by atoms with van der Waals surface area (Å²) in [5.41, 5.74) is 21.3. The van der Waals surface area contributed by atoms with E-state index in [1.165, 1.54) is 81.8 Å². The van der Waals surface area contributed by atoms with Crippen LogP contribution in [-0.2, 0) is 36.5 Å². The molecule has 4 aromatic heterocycles. The van der Waals surface area contributed by atoms with Crippen LogP contribution in [0.3, 0.4) is 0 Å². The molecule has 0 atom stereocenters. The Hall–Kier alpha value is -6.24. The van der Waals surface area contributed by atoms with Gasteiger partial charge in [0, 0.05) is 121 Å². The molecular formula is C57H60N10O2. The van der Waals surface area contributed by atoms with Crippen LogP contribution in [0.15, 0.2) is 73.1 Å². The Morgan fingerprint density at radius 1 is 0.522 bits per heavy atom. The van der Waals surface area contributed by atoms with Gasteiger partial charge in [-0.25, -0.2) is 0 Å². The minimum Gasteiger partial charge on any atom is -0.369 e. The van der Waals surface area contributed by atoms with Crippen molar-refractivity contribution in [2.24, 2.45) is 0 Å². The summed E-state index contributed by atoms with van der Waals surface area (Å²) in [7, 11) is 2.19. The Morgan fingerprint density at radius 3 is 1.38 bits per heavy atom. The lowest BCUT2D eigenvalue weighted by Gasteiger charge is -2.34. The topological polar surface area (TPSA) is 137 Å². The third-order valence-electron chi connectivity index (χ3n) is 18.6. The number of rotatable bonds is 4. The van der Waals surface area contributed by atoms with Gasteiger partial charge in [-0.15, -0.1) is 0 Å². The van der Waals surface area contributed by atoms with Crippen LogP contribution in [0.25, 0.3) is 45.0 Å². The first-order chi connectivity index (χ1) is 33.7. The molecule has 6 fully saturated rings. The molecule has 6 aromatic rings. The number of likely N-dealkylation sites (N-methyl/N-ethyl adjacent to an activating group) is 1. The molecule has 10 aliphatic rings. The molecule has 0 unspecified atom stereocenters. The predicted octanol–water partition coefficient (Wildman–Crippen LogP) is 7.46. The molecule has 350 valence electrons. The van der Waals surface area contributed by atoms with Crippen molar-refractivity contribution in [3.05, 3.63) is 118 Å². The van der Waals surface area contributed by atoms with Crippen LogP contribution >= 0.6 is 0 Å². The van der Waals surface area contributed by atoms with Crippen LogP contribution in [0.5, 0.6) is 0 Å². The van der Waals surface area contributed by atoms with Gasteiger partial charge < -0.3 is 40.6 Å². The Labute approximate surface area is 403 Å². The number of H-pyrrole nitrogens is 2. The fourth-order valence-corrected chi connectivity index (χ4v) is 14.0. The molecule has 4 aliphatic heterocycles. The Balaban J connectivity index is 0.000000125. The third kappa shape index (κ3) is 6.00. The number of anilines is 2. The van der Waals surface area contributed by atoms with Gasteiger partial charge in [-0.1, -0.05) is 24.3 Å². The number of aromatic amines is 2. The maximum atomic E-state index is 13.2. The van der Waals surface area contributed by atoms with Crippen LogP contribution in [0.2, 0.25) is 0 Å². The SMILES string of the molecule is CN1CCN(c2ccc(-c3cc4c(cn3)CCc3c-4[nH]c4c3C(=O)NC3(CC3)C43CC3)cc2)CC1.O=C1NC2(CC2)C2(CC2)c2[nH]c3c(c21)CCc1cnc(-c2ccc(N4CCNCC4)cc2)cc1-3. The van der Waals surface area contributed by atoms with Crippen molar-refractivity contribution in [3.8, 4) is 45.0 Å². The summed E-state index contributed by atoms with van der Waals surface area (Å²) < 4.78 is 0. The average Bonchev–Trinajstić information content (AvgIpc) is 4.22. The monoisotopic (exact) mass is 916 g/mol. The summed E-state index contributed by atoms with van der Waals surface area (Å²) >= 11 is 0. The van der Waals surface area contributed by atoms with Gasteiger partial charge in [0.15, 0.2) is 0 Å². The highest BCUT2D eigenvalue weighted by atomic mass is 16.2. The summed E-state index contributed by atoms with van der Waals surface area (Å²) in [5.74, 6) is 0.286. The van der Waals surface area contributed by atoms with E-state index in [1.54, 1.807) is 0 Å². The van der Waals surface area contributed by atoms with E-state index >= 15 is 0 Å². The number of pyridine rings is 2. The van der Waals surface area contributed by atoms with E-state index in [-0.39, 0.29) is 33.7 Å². The van der Waals surface area contributed by atoms with E-state index in [9.17, 15) is 9.59 Å². The van der Waals surface area contributed by atoms with Crippen LogP contribution in [-0.4, -0.2) is 107 Å². The van der Waals surface area contributed by atoms with Crippen molar-refractivity contribution in [2.75, 3.05) is 69.2 Å². The standard InChI is InChI=1S/C29H31N5O.C28H29N5O/c1-33-12-14-34(15-13-33)20-5-2-18(3-6-20)23-16-22-19(17-30-23)4-7-21-24-26(31-25(21)22)28(8-9-28)29(10-11-29)32-27(24)35;34-26-23-20-6-3-18-16-30-22(17-1-4-19(5-2-17)33-13-11-29-12-14-33)15-21(18)24(20)31-25(23)27(7-8-27)28(32-26)9-10-28/h2-3,5-6,16-17,31H,4,7-15H2,1H3,(H,32,35);1-2,4-5,15-16,29,31H,3,6-14H2,(H,32,34). The molecule has 8 heterocycles. The molecule has 2 aromatic carbocycles. The normalized spacial score (nSPS) is 22.9. The van der Waals surface area contributed by atoms with Crippen LogP contribution < -0.4 is 25.8 Å². The van der Waals surface area contributed by atoms with Gasteiger partial charge in [-0.2, -0.15) is 0 Å². The molecule has 0 radical (unpaired) electrons. The van der Waals surface area contributed by atoms with Gasteiger partial charge in [0.05, 0.1) is 45.0 Å². The number of benzene rings is 2. The number of nitrogens with zero attached hydrogens (tertiary/aromatic N) is 5. The van der Waals surface area contributed by atoms with Crippen molar-refractivity contribution in [1.82, 2.24) is 40.8 Å². The second-order valence-electron chi connectivity index (χ2n) is 22.3. The van der Waals surface area contributed by atoms with E-state index in [0.29, 0.717) is 0 Å². The van der Waals surface area contributed by atoms with Crippen LogP contribution in [0.1, 0.15) is 106 Å². The molecule has 12 heteroatoms. The molecular weight excluding hydrogens is 857 g/mol.